The summed E-state index contributed by atoms with van der Waals surface area (Å²) in [4.78, 5) is 13.5. The molecule has 4 heteroatoms. The van der Waals surface area contributed by atoms with Crippen LogP contribution in [-0.2, 0) is 4.74 Å². The average molecular weight is 239 g/mol. The van der Waals surface area contributed by atoms with Crippen molar-refractivity contribution in [2.45, 2.75) is 39.2 Å². The van der Waals surface area contributed by atoms with E-state index in [-0.39, 0.29) is 17.6 Å². The molecule has 1 heterocycles. The number of carbonyl (C=O) groups excluding carboxylic acids is 1. The highest BCUT2D eigenvalue weighted by Gasteiger charge is 2.39. The maximum absolute atomic E-state index is 11.7. The molecule has 1 fully saturated rings. The minimum Gasteiger partial charge on any atom is -0.450 e. The van der Waals surface area contributed by atoms with Crippen molar-refractivity contribution < 1.29 is 14.6 Å². The van der Waals surface area contributed by atoms with E-state index in [0.29, 0.717) is 19.7 Å². The Kier molecular flexibility index (Phi) is 3.43. The molecule has 1 N–H and O–H groups in total. The standard InChI is InChI=1S/C13H21NO3/c1-3-17-12(16)14-7-5-10-8-11(15)4-6-13(10,2)9-14/h8,11,15H,3-7,9H2,1-2H3/t11-,13+/m0/s1. The number of carbonyl (C=O) groups is 1. The van der Waals surface area contributed by atoms with Crippen LogP contribution >= 0.6 is 0 Å². The van der Waals surface area contributed by atoms with Crippen molar-refractivity contribution >= 4 is 6.09 Å². The van der Waals surface area contributed by atoms with Crippen molar-refractivity contribution in [2.24, 2.45) is 5.41 Å². The van der Waals surface area contributed by atoms with Crippen LogP contribution in [0.2, 0.25) is 0 Å². The molecule has 0 unspecified atom stereocenters. The first-order valence-corrected chi connectivity index (χ1v) is 6.36. The molecule has 4 nitrogen and oxygen atoms in total. The topological polar surface area (TPSA) is 49.8 Å². The lowest BCUT2D eigenvalue weighted by Gasteiger charge is -2.44. The number of fused-ring (bicyclic) bond motifs is 1. The molecule has 0 spiro atoms. The largest absolute Gasteiger partial charge is 0.450 e. The number of rotatable bonds is 1. The molecular weight excluding hydrogens is 218 g/mol. The number of hydrogen-bond acceptors (Lipinski definition) is 3. The van der Waals surface area contributed by atoms with Gasteiger partial charge in [0.05, 0.1) is 12.7 Å². The molecule has 2 atom stereocenters. The van der Waals surface area contributed by atoms with Gasteiger partial charge in [-0.25, -0.2) is 4.79 Å². The lowest BCUT2D eigenvalue weighted by Crippen LogP contribution is -2.48. The fourth-order valence-electron chi connectivity index (χ4n) is 2.84. The summed E-state index contributed by atoms with van der Waals surface area (Å²) in [6.07, 6.45) is 4.05. The Balaban J connectivity index is 2.08. The Labute approximate surface area is 102 Å². The summed E-state index contributed by atoms with van der Waals surface area (Å²) in [5, 5.41) is 9.64. The van der Waals surface area contributed by atoms with Crippen molar-refractivity contribution in [2.75, 3.05) is 19.7 Å². The van der Waals surface area contributed by atoms with E-state index in [1.807, 2.05) is 13.0 Å². The molecule has 1 saturated heterocycles. The summed E-state index contributed by atoms with van der Waals surface area (Å²) >= 11 is 0. The van der Waals surface area contributed by atoms with Crippen molar-refractivity contribution in [3.63, 3.8) is 0 Å². The molecule has 1 aliphatic heterocycles. The lowest BCUT2D eigenvalue weighted by molar-refractivity contribution is 0.0706. The minimum absolute atomic E-state index is 0.0320. The van der Waals surface area contributed by atoms with Gasteiger partial charge >= 0.3 is 6.09 Å². The zero-order valence-electron chi connectivity index (χ0n) is 10.6. The van der Waals surface area contributed by atoms with Crippen LogP contribution < -0.4 is 0 Å². The van der Waals surface area contributed by atoms with Crippen LogP contribution in [-0.4, -0.2) is 41.9 Å². The van der Waals surface area contributed by atoms with E-state index in [1.165, 1.54) is 5.57 Å². The highest BCUT2D eigenvalue weighted by Crippen LogP contribution is 2.42. The van der Waals surface area contributed by atoms with Crippen molar-refractivity contribution in [1.82, 2.24) is 4.90 Å². The average Bonchev–Trinajstić information content (AvgIpc) is 2.29. The summed E-state index contributed by atoms with van der Waals surface area (Å²) in [7, 11) is 0. The van der Waals surface area contributed by atoms with Gasteiger partial charge in [0, 0.05) is 18.5 Å². The number of ether oxygens (including phenoxy) is 1. The van der Waals surface area contributed by atoms with Gasteiger partial charge in [-0.2, -0.15) is 0 Å². The van der Waals surface area contributed by atoms with Gasteiger partial charge in [0.25, 0.3) is 0 Å². The van der Waals surface area contributed by atoms with Crippen LogP contribution in [0.15, 0.2) is 11.6 Å². The number of likely N-dealkylation sites (tertiary alicyclic amines) is 1. The highest BCUT2D eigenvalue weighted by atomic mass is 16.6. The number of aliphatic hydroxyl groups excluding tert-OH is 1. The fraction of sp³-hybridized carbons (Fsp3) is 0.769. The maximum Gasteiger partial charge on any atom is 0.409 e. The molecule has 0 aromatic heterocycles. The van der Waals surface area contributed by atoms with Gasteiger partial charge in [-0.05, 0) is 26.2 Å². The van der Waals surface area contributed by atoms with Gasteiger partial charge in [0.1, 0.15) is 0 Å². The Morgan fingerprint density at radius 3 is 3.18 bits per heavy atom. The van der Waals surface area contributed by atoms with Crippen LogP contribution in [0.4, 0.5) is 4.79 Å². The normalized spacial score (nSPS) is 32.8. The van der Waals surface area contributed by atoms with Crippen LogP contribution in [0.3, 0.4) is 0 Å². The van der Waals surface area contributed by atoms with Gasteiger partial charge in [0.15, 0.2) is 0 Å². The van der Waals surface area contributed by atoms with Gasteiger partial charge in [-0.15, -0.1) is 0 Å². The SMILES string of the molecule is CCOC(=O)N1CCC2=C[C@@H](O)CC[C@]2(C)C1. The molecule has 2 aliphatic rings. The van der Waals surface area contributed by atoms with E-state index in [9.17, 15) is 9.90 Å². The van der Waals surface area contributed by atoms with E-state index in [1.54, 1.807) is 4.90 Å². The predicted molar refractivity (Wildman–Crippen MR) is 64.6 cm³/mol. The second-order valence-electron chi connectivity index (χ2n) is 5.23. The first-order chi connectivity index (χ1) is 8.05. The Hall–Kier alpha value is -1.03. The molecule has 2 rings (SSSR count). The zero-order chi connectivity index (χ0) is 12.5. The number of amides is 1. The fourth-order valence-corrected chi connectivity index (χ4v) is 2.84. The van der Waals surface area contributed by atoms with E-state index >= 15 is 0 Å². The molecule has 0 saturated carbocycles. The summed E-state index contributed by atoms with van der Waals surface area (Å²) < 4.78 is 5.05. The third kappa shape index (κ3) is 2.46. The summed E-state index contributed by atoms with van der Waals surface area (Å²) in [6.45, 7) is 5.84. The summed E-state index contributed by atoms with van der Waals surface area (Å²) in [5.74, 6) is 0. The van der Waals surface area contributed by atoms with Crippen molar-refractivity contribution in [3.05, 3.63) is 11.6 Å². The molecule has 0 radical (unpaired) electrons. The monoisotopic (exact) mass is 239 g/mol. The van der Waals surface area contributed by atoms with E-state index in [4.69, 9.17) is 4.74 Å². The first-order valence-electron chi connectivity index (χ1n) is 6.36. The van der Waals surface area contributed by atoms with E-state index in [2.05, 4.69) is 6.92 Å². The van der Waals surface area contributed by atoms with Gasteiger partial charge in [-0.1, -0.05) is 18.6 Å². The van der Waals surface area contributed by atoms with Crippen LogP contribution in [0.1, 0.15) is 33.1 Å². The molecule has 1 aliphatic carbocycles. The molecular formula is C13H21NO3. The smallest absolute Gasteiger partial charge is 0.409 e. The number of aliphatic hydroxyl groups is 1. The van der Waals surface area contributed by atoms with Crippen LogP contribution in [0.5, 0.6) is 0 Å². The first kappa shape index (κ1) is 12.4. The lowest BCUT2D eigenvalue weighted by atomic mass is 9.70. The second-order valence-corrected chi connectivity index (χ2v) is 5.23. The summed E-state index contributed by atoms with van der Waals surface area (Å²) in [5.41, 5.74) is 1.33. The van der Waals surface area contributed by atoms with Crippen LogP contribution in [0.25, 0.3) is 0 Å². The minimum atomic E-state index is -0.299. The third-order valence-corrected chi connectivity index (χ3v) is 3.88. The number of piperidine rings is 1. The quantitative estimate of drug-likeness (QED) is 0.711. The van der Waals surface area contributed by atoms with Gasteiger partial charge < -0.3 is 14.7 Å². The van der Waals surface area contributed by atoms with Gasteiger partial charge in [0.2, 0.25) is 0 Å². The third-order valence-electron chi connectivity index (χ3n) is 3.88. The highest BCUT2D eigenvalue weighted by molar-refractivity contribution is 5.68. The molecule has 17 heavy (non-hydrogen) atoms. The molecule has 0 aromatic rings. The molecule has 0 aromatic carbocycles. The van der Waals surface area contributed by atoms with E-state index in [0.717, 1.165) is 19.3 Å². The Bertz CT molecular complexity index is 340. The number of hydrogen-bond donors (Lipinski definition) is 1. The predicted octanol–water partition coefficient (Wildman–Crippen LogP) is 1.94. The van der Waals surface area contributed by atoms with E-state index < -0.39 is 0 Å². The maximum atomic E-state index is 11.7. The molecule has 0 bridgehead atoms. The van der Waals surface area contributed by atoms with Crippen molar-refractivity contribution in [3.8, 4) is 0 Å². The zero-order valence-corrected chi connectivity index (χ0v) is 10.6. The second kappa shape index (κ2) is 4.69. The number of nitrogens with zero attached hydrogens (tertiary/aromatic N) is 1. The van der Waals surface area contributed by atoms with Gasteiger partial charge in [-0.3, -0.25) is 0 Å². The molecule has 1 amide bonds. The van der Waals surface area contributed by atoms with Crippen molar-refractivity contribution in [1.29, 1.82) is 0 Å². The Morgan fingerprint density at radius 2 is 2.47 bits per heavy atom. The van der Waals surface area contributed by atoms with Crippen LogP contribution in [0, 0.1) is 5.41 Å². The molecule has 96 valence electrons. The summed E-state index contributed by atoms with van der Waals surface area (Å²) in [6, 6.07) is 0. The Morgan fingerprint density at radius 1 is 1.71 bits per heavy atom.